The maximum absolute atomic E-state index is 11.8. The molecule has 0 amide bonds. The molecule has 0 saturated heterocycles. The number of hydrogen-bond donors (Lipinski definition) is 0. The van der Waals surface area contributed by atoms with E-state index in [1.165, 1.54) is 6.08 Å². The van der Waals surface area contributed by atoms with Crippen molar-refractivity contribution in [3.63, 3.8) is 0 Å². The standard InChI is InChI=1S/C9H12F2.C2H6/c1-4-7(2)5-6-8(3)9(10)11;1-2/h4-6,9H,3H2,1-2H3;1-2H3/b6-5-,7-4-;. The molecule has 0 N–H and O–H groups in total. The molecule has 0 radical (unpaired) electrons. The SMILES string of the molecule is C=C(/C=C\C(C)=C/C)C(F)F.CC. The van der Waals surface area contributed by atoms with Crippen LogP contribution in [0.2, 0.25) is 0 Å². The molecule has 0 nitrogen and oxygen atoms in total. The fourth-order valence-electron chi connectivity index (χ4n) is 0.407. The molecule has 0 spiro atoms. The molecule has 0 fully saturated rings. The lowest BCUT2D eigenvalue weighted by molar-refractivity contribution is 0.194. The van der Waals surface area contributed by atoms with Crippen LogP contribution in [0.5, 0.6) is 0 Å². The summed E-state index contributed by atoms with van der Waals surface area (Å²) in [6.45, 7) is 10.9. The first-order valence-corrected chi connectivity index (χ1v) is 4.36. The first-order chi connectivity index (χ1) is 6.07. The summed E-state index contributed by atoms with van der Waals surface area (Å²) in [5.41, 5.74) is 0.804. The van der Waals surface area contributed by atoms with Gasteiger partial charge in [-0.15, -0.1) is 0 Å². The summed E-state index contributed by atoms with van der Waals surface area (Å²) in [4.78, 5) is 0. The zero-order valence-electron chi connectivity index (χ0n) is 8.77. The lowest BCUT2D eigenvalue weighted by atomic mass is 10.2. The van der Waals surface area contributed by atoms with Gasteiger partial charge in [-0.25, -0.2) is 8.78 Å². The van der Waals surface area contributed by atoms with Gasteiger partial charge in [0.2, 0.25) is 0 Å². The first kappa shape index (κ1) is 14.6. The summed E-state index contributed by atoms with van der Waals surface area (Å²) in [6, 6.07) is 0. The number of allylic oxidation sites excluding steroid dienone is 5. The van der Waals surface area contributed by atoms with Crippen LogP contribution in [-0.2, 0) is 0 Å². The highest BCUT2D eigenvalue weighted by Gasteiger charge is 2.02. The normalized spacial score (nSPS) is 11.5. The molecule has 0 aromatic heterocycles. The lowest BCUT2D eigenvalue weighted by Crippen LogP contribution is -1.90. The molecule has 0 rings (SSSR count). The Morgan fingerprint density at radius 2 is 1.69 bits per heavy atom. The van der Waals surface area contributed by atoms with E-state index in [1.54, 1.807) is 6.08 Å². The number of rotatable bonds is 3. The Labute approximate surface area is 79.7 Å². The van der Waals surface area contributed by atoms with Crippen LogP contribution in [0.1, 0.15) is 27.7 Å². The van der Waals surface area contributed by atoms with E-state index in [0.29, 0.717) is 0 Å². The minimum Gasteiger partial charge on any atom is -0.205 e. The van der Waals surface area contributed by atoms with Gasteiger partial charge in [0.25, 0.3) is 6.43 Å². The van der Waals surface area contributed by atoms with E-state index in [4.69, 9.17) is 0 Å². The monoisotopic (exact) mass is 188 g/mol. The maximum atomic E-state index is 11.8. The van der Waals surface area contributed by atoms with Crippen molar-refractivity contribution in [1.29, 1.82) is 0 Å². The highest BCUT2D eigenvalue weighted by molar-refractivity contribution is 5.25. The third-order valence-electron chi connectivity index (χ3n) is 1.30. The molecular formula is C11H18F2. The predicted molar refractivity (Wildman–Crippen MR) is 55.1 cm³/mol. The molecule has 76 valence electrons. The van der Waals surface area contributed by atoms with Crippen molar-refractivity contribution in [2.75, 3.05) is 0 Å². The van der Waals surface area contributed by atoms with Crippen LogP contribution in [-0.4, -0.2) is 6.43 Å². The Kier molecular flexibility index (Phi) is 10.3. The van der Waals surface area contributed by atoms with Crippen molar-refractivity contribution in [1.82, 2.24) is 0 Å². The molecule has 0 aromatic rings. The van der Waals surface area contributed by atoms with Crippen LogP contribution in [0.15, 0.2) is 36.0 Å². The van der Waals surface area contributed by atoms with E-state index in [2.05, 4.69) is 6.58 Å². The maximum Gasteiger partial charge on any atom is 0.263 e. The van der Waals surface area contributed by atoms with E-state index in [-0.39, 0.29) is 5.57 Å². The summed E-state index contributed by atoms with van der Waals surface area (Å²) in [5, 5.41) is 0. The zero-order valence-corrected chi connectivity index (χ0v) is 8.77. The third-order valence-corrected chi connectivity index (χ3v) is 1.30. The van der Waals surface area contributed by atoms with Crippen LogP contribution in [0.4, 0.5) is 8.78 Å². The number of hydrogen-bond acceptors (Lipinski definition) is 0. The second kappa shape index (κ2) is 9.17. The molecule has 0 aliphatic rings. The molecule has 0 heterocycles. The second-order valence-corrected chi connectivity index (χ2v) is 2.24. The number of halogens is 2. The largest absolute Gasteiger partial charge is 0.263 e. The van der Waals surface area contributed by atoms with Crippen LogP contribution < -0.4 is 0 Å². The molecular weight excluding hydrogens is 170 g/mol. The molecule has 2 heteroatoms. The van der Waals surface area contributed by atoms with Crippen LogP contribution in [0.3, 0.4) is 0 Å². The average Bonchev–Trinajstić information content (AvgIpc) is 2.16. The van der Waals surface area contributed by atoms with Crippen molar-refractivity contribution < 1.29 is 8.78 Å². The first-order valence-electron chi connectivity index (χ1n) is 4.36. The molecule has 0 bridgehead atoms. The van der Waals surface area contributed by atoms with Crippen molar-refractivity contribution in [2.24, 2.45) is 0 Å². The Bertz CT molecular complexity index is 188. The Hall–Kier alpha value is -0.920. The fourth-order valence-corrected chi connectivity index (χ4v) is 0.407. The van der Waals surface area contributed by atoms with Crippen LogP contribution in [0, 0.1) is 0 Å². The van der Waals surface area contributed by atoms with Gasteiger partial charge in [-0.3, -0.25) is 0 Å². The molecule has 0 unspecified atom stereocenters. The zero-order chi connectivity index (χ0) is 10.9. The Morgan fingerprint density at radius 3 is 2.00 bits per heavy atom. The van der Waals surface area contributed by atoms with E-state index in [9.17, 15) is 8.78 Å². The van der Waals surface area contributed by atoms with Gasteiger partial charge in [-0.2, -0.15) is 0 Å². The van der Waals surface area contributed by atoms with Gasteiger partial charge in [0.1, 0.15) is 0 Å². The predicted octanol–water partition coefficient (Wildman–Crippen LogP) is 4.36. The number of alkyl halides is 2. The summed E-state index contributed by atoms with van der Waals surface area (Å²) in [5.74, 6) is 0. The second-order valence-electron chi connectivity index (χ2n) is 2.24. The van der Waals surface area contributed by atoms with E-state index >= 15 is 0 Å². The minimum atomic E-state index is -2.45. The van der Waals surface area contributed by atoms with Gasteiger partial charge >= 0.3 is 0 Å². The van der Waals surface area contributed by atoms with Gasteiger partial charge in [0, 0.05) is 5.57 Å². The molecule has 0 aliphatic heterocycles. The van der Waals surface area contributed by atoms with Crippen LogP contribution >= 0.6 is 0 Å². The summed E-state index contributed by atoms with van der Waals surface area (Å²) < 4.78 is 23.6. The van der Waals surface area contributed by atoms with Crippen molar-refractivity contribution in [3.05, 3.63) is 36.0 Å². The third kappa shape index (κ3) is 8.99. The molecule has 0 atom stereocenters. The van der Waals surface area contributed by atoms with Crippen molar-refractivity contribution in [3.8, 4) is 0 Å². The van der Waals surface area contributed by atoms with Gasteiger partial charge in [-0.05, 0) is 13.8 Å². The fraction of sp³-hybridized carbons (Fsp3) is 0.455. The van der Waals surface area contributed by atoms with Gasteiger partial charge in [0.15, 0.2) is 0 Å². The molecule has 0 aliphatic carbocycles. The molecule has 13 heavy (non-hydrogen) atoms. The summed E-state index contributed by atoms with van der Waals surface area (Å²) in [6.07, 6.45) is 2.35. The lowest BCUT2D eigenvalue weighted by Gasteiger charge is -1.95. The van der Waals surface area contributed by atoms with E-state index in [0.717, 1.165) is 5.57 Å². The molecule has 0 aromatic carbocycles. The quantitative estimate of drug-likeness (QED) is 0.577. The minimum absolute atomic E-state index is 0.147. The Morgan fingerprint density at radius 1 is 1.23 bits per heavy atom. The highest BCUT2D eigenvalue weighted by Crippen LogP contribution is 2.08. The Balaban J connectivity index is 0. The van der Waals surface area contributed by atoms with Gasteiger partial charge < -0.3 is 0 Å². The smallest absolute Gasteiger partial charge is 0.205 e. The molecule has 0 saturated carbocycles. The summed E-state index contributed by atoms with van der Waals surface area (Å²) in [7, 11) is 0. The van der Waals surface area contributed by atoms with Crippen molar-refractivity contribution in [2.45, 2.75) is 34.1 Å². The van der Waals surface area contributed by atoms with E-state index in [1.807, 2.05) is 33.8 Å². The highest BCUT2D eigenvalue weighted by atomic mass is 19.3. The average molecular weight is 188 g/mol. The van der Waals surface area contributed by atoms with E-state index < -0.39 is 6.43 Å². The van der Waals surface area contributed by atoms with Crippen LogP contribution in [0.25, 0.3) is 0 Å². The van der Waals surface area contributed by atoms with Crippen molar-refractivity contribution >= 4 is 0 Å². The summed E-state index contributed by atoms with van der Waals surface area (Å²) >= 11 is 0. The van der Waals surface area contributed by atoms with Gasteiger partial charge in [-0.1, -0.05) is 44.2 Å². The topological polar surface area (TPSA) is 0 Å². The van der Waals surface area contributed by atoms with Gasteiger partial charge in [0.05, 0.1) is 0 Å².